The van der Waals surface area contributed by atoms with Crippen molar-refractivity contribution >= 4 is 62.1 Å². The lowest BCUT2D eigenvalue weighted by Crippen LogP contribution is -2.25. The molecule has 2 aliphatic heterocycles. The maximum atomic E-state index is 12.8. The van der Waals surface area contributed by atoms with Crippen molar-refractivity contribution in [2.75, 3.05) is 61.0 Å². The maximum absolute atomic E-state index is 12.8. The highest BCUT2D eigenvalue weighted by molar-refractivity contribution is 6.11. The molecule has 9 nitrogen and oxygen atoms in total. The van der Waals surface area contributed by atoms with Crippen LogP contribution in [0.25, 0.3) is 21.8 Å². The van der Waals surface area contributed by atoms with Gasteiger partial charge in [0, 0.05) is 59.5 Å². The number of nitrogens with zero attached hydrogens (tertiary/aromatic N) is 3. The van der Waals surface area contributed by atoms with Gasteiger partial charge in [-0.05, 0) is 106 Å². The average Bonchev–Trinajstić information content (AvgIpc) is 3.70. The van der Waals surface area contributed by atoms with Crippen LogP contribution in [0.15, 0.2) is 60.7 Å². The zero-order chi connectivity index (χ0) is 28.9. The van der Waals surface area contributed by atoms with Crippen LogP contribution in [0.3, 0.4) is 0 Å². The Morgan fingerprint density at radius 1 is 0.690 bits per heavy atom. The van der Waals surface area contributed by atoms with Gasteiger partial charge in [-0.1, -0.05) is 6.07 Å². The molecule has 2 fully saturated rings. The van der Waals surface area contributed by atoms with E-state index in [1.807, 2.05) is 60.7 Å². The fourth-order valence-electron chi connectivity index (χ4n) is 5.97. The summed E-state index contributed by atoms with van der Waals surface area (Å²) in [4.78, 5) is 35.2. The van der Waals surface area contributed by atoms with E-state index in [1.54, 1.807) is 0 Å². The summed E-state index contributed by atoms with van der Waals surface area (Å²) in [5.41, 5.74) is 11.4. The zero-order valence-corrected chi connectivity index (χ0v) is 24.0. The van der Waals surface area contributed by atoms with Crippen LogP contribution in [0.4, 0.5) is 28.4 Å². The van der Waals surface area contributed by atoms with Gasteiger partial charge in [-0.25, -0.2) is 4.98 Å². The molecule has 4 aromatic rings. The van der Waals surface area contributed by atoms with Crippen molar-refractivity contribution in [2.24, 2.45) is 0 Å². The van der Waals surface area contributed by atoms with Crippen LogP contribution in [0.1, 0.15) is 38.5 Å². The second-order valence-electron chi connectivity index (χ2n) is 11.4. The molecule has 0 saturated carbocycles. The molecule has 3 heterocycles. The summed E-state index contributed by atoms with van der Waals surface area (Å²) in [5.74, 6) is -0.00135. The van der Waals surface area contributed by atoms with Gasteiger partial charge in [-0.2, -0.15) is 0 Å². The van der Waals surface area contributed by atoms with E-state index in [2.05, 4.69) is 25.8 Å². The van der Waals surface area contributed by atoms with Gasteiger partial charge in [0.15, 0.2) is 0 Å². The first-order valence-electron chi connectivity index (χ1n) is 15.0. The van der Waals surface area contributed by atoms with Crippen LogP contribution in [-0.4, -0.2) is 65.9 Å². The Bertz CT molecular complexity index is 1500. The summed E-state index contributed by atoms with van der Waals surface area (Å²) in [6.07, 6.45) is 5.76. The van der Waals surface area contributed by atoms with Crippen molar-refractivity contribution in [3.8, 4) is 0 Å². The fraction of sp³-hybridized carbons (Fsp3) is 0.364. The Labute approximate surface area is 246 Å². The molecule has 5 N–H and O–H groups in total. The number of likely N-dealkylation sites (tertiary alicyclic amines) is 2. The third-order valence-electron chi connectivity index (χ3n) is 8.20. The number of pyridine rings is 1. The van der Waals surface area contributed by atoms with Crippen LogP contribution in [0.2, 0.25) is 0 Å². The highest BCUT2D eigenvalue weighted by Crippen LogP contribution is 2.36. The number of nitrogens with two attached hydrogens (primary N) is 1. The van der Waals surface area contributed by atoms with Crippen LogP contribution in [0.5, 0.6) is 0 Å². The summed E-state index contributed by atoms with van der Waals surface area (Å²) in [7, 11) is 0. The number of benzene rings is 3. The van der Waals surface area contributed by atoms with Gasteiger partial charge in [0.2, 0.25) is 11.8 Å². The van der Waals surface area contributed by atoms with Crippen molar-refractivity contribution in [1.82, 2.24) is 14.8 Å². The molecule has 0 bridgehead atoms. The van der Waals surface area contributed by atoms with E-state index in [0.717, 1.165) is 83.8 Å². The van der Waals surface area contributed by atoms with Gasteiger partial charge >= 0.3 is 0 Å². The summed E-state index contributed by atoms with van der Waals surface area (Å²) in [6, 6.07) is 19.2. The number of hydrogen-bond acceptors (Lipinski definition) is 7. The first-order valence-corrected chi connectivity index (χ1v) is 15.0. The molecular formula is C33H39N7O2. The Kier molecular flexibility index (Phi) is 8.48. The second kappa shape index (κ2) is 12.8. The molecule has 42 heavy (non-hydrogen) atoms. The Morgan fingerprint density at radius 3 is 1.71 bits per heavy atom. The minimum absolute atomic E-state index is 0.000676. The Morgan fingerprint density at radius 2 is 1.21 bits per heavy atom. The lowest BCUT2D eigenvalue weighted by atomic mass is 10.1. The molecular weight excluding hydrogens is 526 g/mol. The monoisotopic (exact) mass is 565 g/mol. The molecule has 0 radical (unpaired) electrons. The van der Waals surface area contributed by atoms with E-state index >= 15 is 0 Å². The predicted molar refractivity (Wildman–Crippen MR) is 171 cm³/mol. The van der Waals surface area contributed by atoms with Gasteiger partial charge in [0.1, 0.15) is 0 Å². The third-order valence-corrected chi connectivity index (χ3v) is 8.20. The van der Waals surface area contributed by atoms with Gasteiger partial charge in [0.05, 0.1) is 16.7 Å². The van der Waals surface area contributed by atoms with E-state index in [9.17, 15) is 9.59 Å². The molecule has 9 heteroatoms. The summed E-state index contributed by atoms with van der Waals surface area (Å²) in [5, 5.41) is 11.4. The van der Waals surface area contributed by atoms with Gasteiger partial charge in [-0.3, -0.25) is 9.59 Å². The van der Waals surface area contributed by atoms with Gasteiger partial charge in [0.25, 0.3) is 0 Å². The molecule has 3 aromatic carbocycles. The predicted octanol–water partition coefficient (Wildman–Crippen LogP) is 5.56. The summed E-state index contributed by atoms with van der Waals surface area (Å²) < 4.78 is 0. The van der Waals surface area contributed by atoms with Crippen LogP contribution in [0, 0.1) is 0 Å². The van der Waals surface area contributed by atoms with E-state index in [1.165, 1.54) is 25.7 Å². The van der Waals surface area contributed by atoms with Crippen molar-refractivity contribution in [1.29, 1.82) is 0 Å². The Hall–Kier alpha value is -4.21. The first kappa shape index (κ1) is 27.9. The smallest absolute Gasteiger partial charge is 0.225 e. The van der Waals surface area contributed by atoms with E-state index in [0.29, 0.717) is 18.5 Å². The minimum atomic E-state index is -0.000676. The van der Waals surface area contributed by atoms with Crippen molar-refractivity contribution in [3.63, 3.8) is 0 Å². The SMILES string of the molecule is Nc1cccc(Nc2c3cc(NC(=O)CCN4CCCC4)ccc3nc3ccc(NC(=O)CCN4CCCC4)cc23)c1. The van der Waals surface area contributed by atoms with Crippen LogP contribution >= 0.6 is 0 Å². The highest BCUT2D eigenvalue weighted by atomic mass is 16.2. The molecule has 2 amide bonds. The minimum Gasteiger partial charge on any atom is -0.399 e. The number of aromatic nitrogens is 1. The van der Waals surface area contributed by atoms with Crippen LogP contribution in [-0.2, 0) is 9.59 Å². The molecule has 2 saturated heterocycles. The Balaban J connectivity index is 1.29. The normalized spacial score (nSPS) is 15.8. The number of nitrogen functional groups attached to an aromatic ring is 1. The molecule has 1 aromatic heterocycles. The average molecular weight is 566 g/mol. The van der Waals surface area contributed by atoms with Crippen LogP contribution < -0.4 is 21.7 Å². The summed E-state index contributed by atoms with van der Waals surface area (Å²) >= 11 is 0. The highest BCUT2D eigenvalue weighted by Gasteiger charge is 2.16. The van der Waals surface area contributed by atoms with E-state index in [4.69, 9.17) is 10.7 Å². The summed E-state index contributed by atoms with van der Waals surface area (Å²) in [6.45, 7) is 5.84. The molecule has 0 aliphatic carbocycles. The topological polar surface area (TPSA) is 116 Å². The zero-order valence-electron chi connectivity index (χ0n) is 24.0. The van der Waals surface area contributed by atoms with Crippen molar-refractivity contribution in [3.05, 3.63) is 60.7 Å². The number of anilines is 5. The standard InChI is InChI=1S/C33H39N7O2/c34-23-6-5-7-24(20-23)37-33-27-21-25(35-31(41)12-18-39-14-1-2-15-39)8-10-29(27)38-30-11-9-26(22-28(30)33)36-32(42)13-19-40-16-3-4-17-40/h5-11,20-22H,1-4,12-19,34H2,(H,35,41)(H,36,42)(H,37,38). The number of carbonyl (C=O) groups is 2. The number of fused-ring (bicyclic) bond motifs is 2. The van der Waals surface area contributed by atoms with E-state index in [-0.39, 0.29) is 11.8 Å². The molecule has 0 spiro atoms. The second-order valence-corrected chi connectivity index (χ2v) is 11.4. The van der Waals surface area contributed by atoms with Crippen molar-refractivity contribution in [2.45, 2.75) is 38.5 Å². The first-order chi connectivity index (χ1) is 20.5. The number of carbonyl (C=O) groups excluding carboxylic acids is 2. The number of hydrogen-bond donors (Lipinski definition) is 4. The molecule has 0 atom stereocenters. The quantitative estimate of drug-likeness (QED) is 0.147. The lowest BCUT2D eigenvalue weighted by Gasteiger charge is -2.17. The molecule has 2 aliphatic rings. The number of amides is 2. The number of rotatable bonds is 10. The van der Waals surface area contributed by atoms with E-state index < -0.39 is 0 Å². The largest absolute Gasteiger partial charge is 0.399 e. The molecule has 218 valence electrons. The molecule has 0 unspecified atom stereocenters. The molecule has 6 rings (SSSR count). The van der Waals surface area contributed by atoms with Gasteiger partial charge in [-0.15, -0.1) is 0 Å². The van der Waals surface area contributed by atoms with Gasteiger partial charge < -0.3 is 31.5 Å². The maximum Gasteiger partial charge on any atom is 0.225 e. The van der Waals surface area contributed by atoms with Crippen molar-refractivity contribution < 1.29 is 9.59 Å². The number of nitrogens with one attached hydrogen (secondary N) is 3. The fourth-order valence-corrected chi connectivity index (χ4v) is 5.97. The lowest BCUT2D eigenvalue weighted by molar-refractivity contribution is -0.117. The third kappa shape index (κ3) is 6.80.